The van der Waals surface area contributed by atoms with Gasteiger partial charge in [-0.15, -0.1) is 10.2 Å². The Hall–Kier alpha value is -2.25. The molecule has 0 unspecified atom stereocenters. The van der Waals surface area contributed by atoms with Crippen LogP contribution in [0.15, 0.2) is 12.4 Å². The van der Waals surface area contributed by atoms with Crippen molar-refractivity contribution in [3.8, 4) is 0 Å². The number of likely N-dealkylation sites (N-methyl/N-ethyl adjacent to an activating group) is 1. The van der Waals surface area contributed by atoms with Crippen LogP contribution in [0.25, 0.3) is 0 Å². The van der Waals surface area contributed by atoms with Crippen LogP contribution < -0.4 is 5.32 Å². The van der Waals surface area contributed by atoms with Gasteiger partial charge in [-0.3, -0.25) is 9.59 Å². The average Bonchev–Trinajstić information content (AvgIpc) is 2.73. The molecule has 1 aliphatic rings. The van der Waals surface area contributed by atoms with E-state index in [1.54, 1.807) is 4.57 Å². The summed E-state index contributed by atoms with van der Waals surface area (Å²) < 4.78 is 14.3. The highest BCUT2D eigenvalue weighted by molar-refractivity contribution is 5.91. The maximum absolute atomic E-state index is 12.7. The van der Waals surface area contributed by atoms with Crippen LogP contribution in [0.4, 0.5) is 4.39 Å². The van der Waals surface area contributed by atoms with Gasteiger partial charge in [-0.05, 0) is 0 Å². The second-order valence-electron chi connectivity index (χ2n) is 3.91. The molecule has 1 aliphatic heterocycles. The third kappa shape index (κ3) is 2.08. The molecule has 2 amide bonds. The zero-order valence-corrected chi connectivity index (χ0v) is 9.81. The Labute approximate surface area is 102 Å². The average molecular weight is 253 g/mol. The van der Waals surface area contributed by atoms with E-state index in [1.807, 2.05) is 0 Å². The summed E-state index contributed by atoms with van der Waals surface area (Å²) in [5.41, 5.74) is 0. The topological polar surface area (TPSA) is 80.1 Å². The lowest BCUT2D eigenvalue weighted by molar-refractivity contribution is -0.128. The predicted molar refractivity (Wildman–Crippen MR) is 59.1 cm³/mol. The van der Waals surface area contributed by atoms with Gasteiger partial charge in [0.1, 0.15) is 0 Å². The number of hydrogen-bond acceptors (Lipinski definition) is 4. The number of hydrogen-bond donors (Lipinski definition) is 1. The van der Waals surface area contributed by atoms with E-state index in [-0.39, 0.29) is 18.3 Å². The van der Waals surface area contributed by atoms with Gasteiger partial charge >= 0.3 is 0 Å². The van der Waals surface area contributed by atoms with Crippen LogP contribution in [0.2, 0.25) is 0 Å². The molecule has 96 valence electrons. The van der Waals surface area contributed by atoms with Crippen molar-refractivity contribution >= 4 is 11.8 Å². The summed E-state index contributed by atoms with van der Waals surface area (Å²) >= 11 is 0. The van der Waals surface area contributed by atoms with Crippen LogP contribution in [-0.4, -0.2) is 45.1 Å². The number of halogens is 1. The zero-order chi connectivity index (χ0) is 13.3. The SMILES string of the molecule is C=C(F)C(=O)N(C)Cc1nnc2n1CCNC2=O. The summed E-state index contributed by atoms with van der Waals surface area (Å²) in [6.45, 7) is 4.02. The minimum Gasteiger partial charge on any atom is -0.348 e. The van der Waals surface area contributed by atoms with Crippen molar-refractivity contribution in [2.45, 2.75) is 13.1 Å². The maximum Gasteiger partial charge on any atom is 0.289 e. The van der Waals surface area contributed by atoms with Crippen molar-refractivity contribution in [1.29, 1.82) is 0 Å². The van der Waals surface area contributed by atoms with Crippen LogP contribution in [-0.2, 0) is 17.9 Å². The summed E-state index contributed by atoms with van der Waals surface area (Å²) in [4.78, 5) is 23.9. The van der Waals surface area contributed by atoms with E-state index in [9.17, 15) is 14.0 Å². The molecule has 0 bridgehead atoms. The fourth-order valence-corrected chi connectivity index (χ4v) is 1.71. The van der Waals surface area contributed by atoms with E-state index in [0.29, 0.717) is 18.9 Å². The van der Waals surface area contributed by atoms with Crippen molar-refractivity contribution in [2.75, 3.05) is 13.6 Å². The number of carbonyl (C=O) groups excluding carboxylic acids is 2. The lowest BCUT2D eigenvalue weighted by Gasteiger charge is -2.18. The molecule has 0 aromatic carbocycles. The molecule has 0 atom stereocenters. The van der Waals surface area contributed by atoms with Crippen molar-refractivity contribution in [1.82, 2.24) is 25.0 Å². The number of aromatic nitrogens is 3. The lowest BCUT2D eigenvalue weighted by atomic mass is 10.4. The number of nitrogens with one attached hydrogen (secondary N) is 1. The van der Waals surface area contributed by atoms with Gasteiger partial charge in [0.2, 0.25) is 5.82 Å². The summed E-state index contributed by atoms with van der Waals surface area (Å²) in [7, 11) is 1.43. The van der Waals surface area contributed by atoms with E-state index in [4.69, 9.17) is 0 Å². The van der Waals surface area contributed by atoms with E-state index in [1.165, 1.54) is 7.05 Å². The second kappa shape index (κ2) is 4.55. The molecule has 0 radical (unpaired) electrons. The van der Waals surface area contributed by atoms with Gasteiger partial charge in [-0.1, -0.05) is 6.58 Å². The quantitative estimate of drug-likeness (QED) is 0.734. The van der Waals surface area contributed by atoms with E-state index in [2.05, 4.69) is 22.1 Å². The van der Waals surface area contributed by atoms with Crippen molar-refractivity contribution in [3.05, 3.63) is 24.1 Å². The molecule has 18 heavy (non-hydrogen) atoms. The number of amides is 2. The lowest BCUT2D eigenvalue weighted by Crippen LogP contribution is -2.37. The first-order valence-electron chi connectivity index (χ1n) is 5.31. The Morgan fingerprint density at radius 2 is 2.33 bits per heavy atom. The largest absolute Gasteiger partial charge is 0.348 e. The van der Waals surface area contributed by atoms with Gasteiger partial charge in [-0.25, -0.2) is 4.39 Å². The first kappa shape index (κ1) is 12.2. The molecule has 8 heteroatoms. The highest BCUT2D eigenvalue weighted by atomic mass is 19.1. The summed E-state index contributed by atoms with van der Waals surface area (Å²) in [5, 5.41) is 10.2. The highest BCUT2D eigenvalue weighted by Crippen LogP contribution is 2.09. The Kier molecular flexibility index (Phi) is 3.09. The summed E-state index contributed by atoms with van der Waals surface area (Å²) in [6.07, 6.45) is 0. The van der Waals surface area contributed by atoms with Crippen molar-refractivity contribution < 1.29 is 14.0 Å². The van der Waals surface area contributed by atoms with Crippen molar-refractivity contribution in [2.24, 2.45) is 0 Å². The van der Waals surface area contributed by atoms with Gasteiger partial charge in [0.25, 0.3) is 11.8 Å². The molecule has 2 rings (SSSR count). The standard InChI is InChI=1S/C10H12FN5O2/c1-6(11)10(18)15(2)5-7-13-14-8-9(17)12-3-4-16(7)8/h1,3-5H2,2H3,(H,12,17). The Morgan fingerprint density at radius 3 is 3.00 bits per heavy atom. The Morgan fingerprint density at radius 1 is 1.61 bits per heavy atom. The zero-order valence-electron chi connectivity index (χ0n) is 9.81. The molecule has 7 nitrogen and oxygen atoms in total. The molecule has 0 spiro atoms. The van der Waals surface area contributed by atoms with Gasteiger partial charge in [0.15, 0.2) is 11.7 Å². The van der Waals surface area contributed by atoms with E-state index < -0.39 is 11.7 Å². The molecule has 1 aromatic heterocycles. The highest BCUT2D eigenvalue weighted by Gasteiger charge is 2.24. The Balaban J connectivity index is 2.18. The first-order valence-corrected chi connectivity index (χ1v) is 5.31. The number of fused-ring (bicyclic) bond motifs is 1. The molecular formula is C10H12FN5O2. The molecule has 0 saturated carbocycles. The number of nitrogens with zero attached hydrogens (tertiary/aromatic N) is 4. The fraction of sp³-hybridized carbons (Fsp3) is 0.400. The third-order valence-electron chi connectivity index (χ3n) is 2.61. The van der Waals surface area contributed by atoms with Crippen LogP contribution in [0.3, 0.4) is 0 Å². The number of carbonyl (C=O) groups is 2. The van der Waals surface area contributed by atoms with E-state index in [0.717, 1.165) is 4.90 Å². The first-order chi connectivity index (χ1) is 8.50. The normalized spacial score (nSPS) is 13.8. The van der Waals surface area contributed by atoms with E-state index >= 15 is 0 Å². The van der Waals surface area contributed by atoms with Crippen molar-refractivity contribution in [3.63, 3.8) is 0 Å². The predicted octanol–water partition coefficient (Wildman–Crippen LogP) is -0.537. The summed E-state index contributed by atoms with van der Waals surface area (Å²) in [5.74, 6) is -1.50. The minimum atomic E-state index is -1.03. The number of rotatable bonds is 3. The maximum atomic E-state index is 12.7. The Bertz CT molecular complexity index is 524. The monoisotopic (exact) mass is 253 g/mol. The molecular weight excluding hydrogens is 241 g/mol. The van der Waals surface area contributed by atoms with Gasteiger partial charge < -0.3 is 14.8 Å². The fourth-order valence-electron chi connectivity index (χ4n) is 1.71. The summed E-state index contributed by atoms with van der Waals surface area (Å²) in [6, 6.07) is 0. The molecule has 2 heterocycles. The third-order valence-corrected chi connectivity index (χ3v) is 2.61. The molecule has 1 N–H and O–H groups in total. The molecule has 1 aromatic rings. The van der Waals surface area contributed by atoms with Gasteiger partial charge in [0.05, 0.1) is 6.54 Å². The minimum absolute atomic E-state index is 0.0715. The van der Waals surface area contributed by atoms with Crippen LogP contribution >= 0.6 is 0 Å². The van der Waals surface area contributed by atoms with Gasteiger partial charge in [-0.2, -0.15) is 0 Å². The molecule has 0 fully saturated rings. The van der Waals surface area contributed by atoms with Crippen LogP contribution in [0.1, 0.15) is 16.4 Å². The van der Waals surface area contributed by atoms with Gasteiger partial charge in [0, 0.05) is 20.1 Å². The second-order valence-corrected chi connectivity index (χ2v) is 3.91. The van der Waals surface area contributed by atoms with Crippen LogP contribution in [0.5, 0.6) is 0 Å². The van der Waals surface area contributed by atoms with Crippen LogP contribution in [0, 0.1) is 0 Å². The molecule has 0 saturated heterocycles. The smallest absolute Gasteiger partial charge is 0.289 e. The molecule has 0 aliphatic carbocycles.